The second-order valence-corrected chi connectivity index (χ2v) is 5.40. The summed E-state index contributed by atoms with van der Waals surface area (Å²) in [5.41, 5.74) is 0.316. The average molecular weight is 351 g/mol. The quantitative estimate of drug-likeness (QED) is 0.781. The van der Waals surface area contributed by atoms with Crippen molar-refractivity contribution in [2.75, 3.05) is 5.32 Å². The van der Waals surface area contributed by atoms with Crippen LogP contribution in [0.5, 0.6) is 0 Å². The van der Waals surface area contributed by atoms with Crippen LogP contribution in [0, 0.1) is 0 Å². The number of aliphatic imine (C=N–C) groups is 1. The molecule has 1 unspecified atom stereocenters. The van der Waals surface area contributed by atoms with Gasteiger partial charge in [-0.2, -0.15) is 0 Å². The van der Waals surface area contributed by atoms with Crippen LogP contribution in [0.25, 0.3) is 0 Å². The molecule has 0 heterocycles. The van der Waals surface area contributed by atoms with Gasteiger partial charge in [0, 0.05) is 19.4 Å². The number of anilines is 1. The molecule has 1 aliphatic carbocycles. The number of hydrogen-bond donors (Lipinski definition) is 1. The Kier molecular flexibility index (Phi) is 4.13. The van der Waals surface area contributed by atoms with E-state index in [9.17, 15) is 19.2 Å². The highest BCUT2D eigenvalue weighted by Gasteiger charge is 2.38. The van der Waals surface area contributed by atoms with Crippen molar-refractivity contribution >= 4 is 50.7 Å². The number of carbonyl (C=O) groups excluding carboxylic acids is 4. The minimum atomic E-state index is -0.964. The zero-order chi connectivity index (χ0) is 15.7. The van der Waals surface area contributed by atoms with Crippen molar-refractivity contribution in [1.82, 2.24) is 0 Å². The Morgan fingerprint density at radius 1 is 1.24 bits per heavy atom. The van der Waals surface area contributed by atoms with Gasteiger partial charge in [-0.25, -0.2) is 4.99 Å². The molecule has 0 saturated heterocycles. The fourth-order valence-electron chi connectivity index (χ4n) is 2.08. The molecule has 1 aromatic rings. The highest BCUT2D eigenvalue weighted by molar-refractivity contribution is 9.10. The molecule has 1 N–H and O–H groups in total. The number of alkyl halides is 1. The first-order valence-electron chi connectivity index (χ1n) is 6.05. The van der Waals surface area contributed by atoms with Crippen LogP contribution in [-0.4, -0.2) is 33.9 Å². The van der Waals surface area contributed by atoms with E-state index >= 15 is 0 Å². The molecule has 0 saturated carbocycles. The summed E-state index contributed by atoms with van der Waals surface area (Å²) >= 11 is 3.09. The number of halogens is 1. The molecule has 108 valence electrons. The predicted octanol–water partition coefficient (Wildman–Crippen LogP) is 1.78. The number of Topliss-reactive ketones (excluding diaryl/α,β-unsaturated/α-hetero) is 2. The SMILES string of the molecule is CC(=O)N=C1C(=O)c2c(NC(C)=O)cccc2C(=O)C1Br. The maximum absolute atomic E-state index is 12.5. The largest absolute Gasteiger partial charge is 0.326 e. The van der Waals surface area contributed by atoms with Gasteiger partial charge in [0.05, 0.1) is 11.3 Å². The van der Waals surface area contributed by atoms with E-state index in [2.05, 4.69) is 26.2 Å². The third-order valence-corrected chi connectivity index (χ3v) is 3.70. The summed E-state index contributed by atoms with van der Waals surface area (Å²) in [4.78, 5) is 49.8. The normalized spacial score (nSPS) is 19.4. The van der Waals surface area contributed by atoms with Gasteiger partial charge in [0.25, 0.3) is 0 Å². The molecule has 0 fully saturated rings. The number of hydrogen-bond acceptors (Lipinski definition) is 4. The van der Waals surface area contributed by atoms with Crippen LogP contribution in [-0.2, 0) is 9.59 Å². The molecule has 0 aliphatic heterocycles. The number of amides is 2. The van der Waals surface area contributed by atoms with Crippen molar-refractivity contribution in [2.24, 2.45) is 4.99 Å². The van der Waals surface area contributed by atoms with Gasteiger partial charge in [0.1, 0.15) is 10.5 Å². The summed E-state index contributed by atoms with van der Waals surface area (Å²) < 4.78 is 0. The second-order valence-electron chi connectivity index (χ2n) is 4.48. The lowest BCUT2D eigenvalue weighted by molar-refractivity contribution is -0.116. The first-order valence-corrected chi connectivity index (χ1v) is 6.97. The monoisotopic (exact) mass is 350 g/mol. The number of ketones is 2. The Morgan fingerprint density at radius 2 is 1.90 bits per heavy atom. The zero-order valence-electron chi connectivity index (χ0n) is 11.3. The molecular weight excluding hydrogens is 340 g/mol. The van der Waals surface area contributed by atoms with Crippen molar-refractivity contribution in [1.29, 1.82) is 0 Å². The molecule has 2 amide bonds. The Balaban J connectivity index is 2.67. The van der Waals surface area contributed by atoms with Gasteiger partial charge in [-0.1, -0.05) is 28.1 Å². The van der Waals surface area contributed by atoms with Crippen LogP contribution < -0.4 is 5.32 Å². The van der Waals surface area contributed by atoms with E-state index < -0.39 is 16.5 Å². The summed E-state index contributed by atoms with van der Waals surface area (Å²) in [6.45, 7) is 2.49. The first-order chi connectivity index (χ1) is 9.82. The number of nitrogens with zero attached hydrogens (tertiary/aromatic N) is 1. The van der Waals surface area contributed by atoms with Crippen LogP contribution in [0.3, 0.4) is 0 Å². The van der Waals surface area contributed by atoms with Crippen molar-refractivity contribution < 1.29 is 19.2 Å². The minimum Gasteiger partial charge on any atom is -0.326 e. The zero-order valence-corrected chi connectivity index (χ0v) is 12.9. The van der Waals surface area contributed by atoms with Gasteiger partial charge in [-0.15, -0.1) is 0 Å². The third-order valence-electron chi connectivity index (χ3n) is 2.85. The number of carbonyl (C=O) groups is 4. The van der Waals surface area contributed by atoms with E-state index in [4.69, 9.17) is 0 Å². The van der Waals surface area contributed by atoms with E-state index in [1.165, 1.54) is 26.0 Å². The molecule has 7 heteroatoms. The van der Waals surface area contributed by atoms with Crippen molar-refractivity contribution in [2.45, 2.75) is 18.7 Å². The molecule has 0 spiro atoms. The number of fused-ring (bicyclic) bond motifs is 1. The average Bonchev–Trinajstić information content (AvgIpc) is 2.40. The van der Waals surface area contributed by atoms with Crippen LogP contribution >= 0.6 is 15.9 Å². The maximum Gasteiger partial charge on any atom is 0.242 e. The van der Waals surface area contributed by atoms with Crippen molar-refractivity contribution in [3.63, 3.8) is 0 Å². The maximum atomic E-state index is 12.5. The van der Waals surface area contributed by atoms with Gasteiger partial charge in [0.15, 0.2) is 5.78 Å². The van der Waals surface area contributed by atoms with Gasteiger partial charge in [0.2, 0.25) is 17.6 Å². The Hall–Kier alpha value is -2.15. The number of nitrogens with one attached hydrogen (secondary N) is 1. The van der Waals surface area contributed by atoms with Gasteiger partial charge in [-0.05, 0) is 6.07 Å². The Morgan fingerprint density at radius 3 is 2.48 bits per heavy atom. The fourth-order valence-corrected chi connectivity index (χ4v) is 2.63. The highest BCUT2D eigenvalue weighted by atomic mass is 79.9. The number of benzene rings is 1. The smallest absolute Gasteiger partial charge is 0.242 e. The lowest BCUT2D eigenvalue weighted by Crippen LogP contribution is -2.38. The van der Waals surface area contributed by atoms with Gasteiger partial charge in [-0.3, -0.25) is 19.2 Å². The van der Waals surface area contributed by atoms with E-state index in [-0.39, 0.29) is 34.2 Å². The standard InChI is InChI=1S/C14H11BrN2O4/c1-6(18)16-9-5-3-4-8-10(9)14(21)12(17-7(2)19)11(15)13(8)20/h3-5,11H,1-2H3,(H,16,18). The fraction of sp³-hybridized carbons (Fsp3) is 0.214. The summed E-state index contributed by atoms with van der Waals surface area (Å²) in [6.07, 6.45) is 0. The van der Waals surface area contributed by atoms with Crippen molar-refractivity contribution in [3.05, 3.63) is 29.3 Å². The van der Waals surface area contributed by atoms with Crippen LogP contribution in [0.4, 0.5) is 5.69 Å². The topological polar surface area (TPSA) is 92.7 Å². The molecule has 6 nitrogen and oxygen atoms in total. The van der Waals surface area contributed by atoms with Crippen LogP contribution in [0.2, 0.25) is 0 Å². The molecule has 0 bridgehead atoms. The summed E-state index contributed by atoms with van der Waals surface area (Å²) in [5, 5.41) is 2.51. The molecule has 21 heavy (non-hydrogen) atoms. The third kappa shape index (κ3) is 2.82. The summed E-state index contributed by atoms with van der Waals surface area (Å²) in [5.74, 6) is -1.87. The van der Waals surface area contributed by atoms with E-state index in [1.54, 1.807) is 6.07 Å². The van der Waals surface area contributed by atoms with Crippen LogP contribution in [0.15, 0.2) is 23.2 Å². The lowest BCUT2D eigenvalue weighted by atomic mass is 9.86. The van der Waals surface area contributed by atoms with Gasteiger partial charge < -0.3 is 5.32 Å². The first kappa shape index (κ1) is 15.2. The minimum absolute atomic E-state index is 0.0633. The summed E-state index contributed by atoms with van der Waals surface area (Å²) in [6, 6.07) is 4.59. The lowest BCUT2D eigenvalue weighted by Gasteiger charge is -2.22. The number of rotatable bonds is 1. The van der Waals surface area contributed by atoms with Crippen molar-refractivity contribution in [3.8, 4) is 0 Å². The molecule has 0 radical (unpaired) electrons. The molecule has 2 rings (SSSR count). The van der Waals surface area contributed by atoms with Gasteiger partial charge >= 0.3 is 0 Å². The highest BCUT2D eigenvalue weighted by Crippen LogP contribution is 2.30. The van der Waals surface area contributed by atoms with Crippen LogP contribution in [0.1, 0.15) is 34.6 Å². The predicted molar refractivity (Wildman–Crippen MR) is 80.2 cm³/mol. The molecule has 1 aromatic carbocycles. The molecular formula is C14H11BrN2O4. The molecule has 0 aromatic heterocycles. The second kappa shape index (κ2) is 5.69. The Labute approximate surface area is 128 Å². The van der Waals surface area contributed by atoms with E-state index in [1.807, 2.05) is 0 Å². The summed E-state index contributed by atoms with van der Waals surface area (Å²) in [7, 11) is 0. The molecule has 1 aliphatic rings. The van der Waals surface area contributed by atoms with E-state index in [0.29, 0.717) is 0 Å². The Bertz CT molecular complexity index is 709. The molecule has 1 atom stereocenters. The van der Waals surface area contributed by atoms with E-state index in [0.717, 1.165) is 0 Å².